The Labute approximate surface area is 122 Å². The third-order valence-electron chi connectivity index (χ3n) is 3.95. The average molecular weight is 317 g/mol. The molecule has 0 aliphatic carbocycles. The van der Waals surface area contributed by atoms with Crippen molar-refractivity contribution in [1.29, 1.82) is 0 Å². The second kappa shape index (κ2) is 5.06. The Morgan fingerprint density at radius 3 is 2.68 bits per heavy atom. The van der Waals surface area contributed by atoms with Gasteiger partial charge in [-0.25, -0.2) is 0 Å². The molecule has 1 aliphatic heterocycles. The number of pyridine rings is 1. The third-order valence-corrected chi connectivity index (χ3v) is 4.38. The van der Waals surface area contributed by atoms with Crippen molar-refractivity contribution in [2.75, 3.05) is 13.1 Å². The Kier molecular flexibility index (Phi) is 3.42. The molecule has 2 aromatic rings. The molecule has 1 N–H and O–H groups in total. The molecular weight excluding hydrogens is 300 g/mol. The number of aryl methyl sites for hydroxylation is 1. The fourth-order valence-electron chi connectivity index (χ4n) is 2.95. The summed E-state index contributed by atoms with van der Waals surface area (Å²) in [5.74, 6) is 0. The molecule has 0 saturated carbocycles. The first-order valence-electron chi connectivity index (χ1n) is 6.56. The molecule has 3 rings (SSSR count). The maximum absolute atomic E-state index is 4.28. The van der Waals surface area contributed by atoms with E-state index < -0.39 is 0 Å². The zero-order chi connectivity index (χ0) is 13.3. The summed E-state index contributed by atoms with van der Waals surface area (Å²) in [5, 5.41) is 3.43. The summed E-state index contributed by atoms with van der Waals surface area (Å²) >= 11 is 3.50. The smallest absolute Gasteiger partial charge is 0.0410 e. The van der Waals surface area contributed by atoms with Gasteiger partial charge in [0.2, 0.25) is 0 Å². The summed E-state index contributed by atoms with van der Waals surface area (Å²) in [6.07, 6.45) is 4.85. The van der Waals surface area contributed by atoms with E-state index in [2.05, 4.69) is 63.5 Å². The van der Waals surface area contributed by atoms with Gasteiger partial charge in [-0.2, -0.15) is 0 Å². The molecule has 0 atom stereocenters. The molecular formula is C16H17BrN2. The Morgan fingerprint density at radius 2 is 2.05 bits per heavy atom. The molecule has 2 nitrogen and oxygen atoms in total. The summed E-state index contributed by atoms with van der Waals surface area (Å²) in [4.78, 5) is 4.28. The van der Waals surface area contributed by atoms with Gasteiger partial charge in [0.1, 0.15) is 0 Å². The Balaban J connectivity index is 1.94. The molecule has 0 radical (unpaired) electrons. The largest absolute Gasteiger partial charge is 0.315 e. The van der Waals surface area contributed by atoms with Crippen LogP contribution in [0.1, 0.15) is 16.7 Å². The molecule has 1 aromatic heterocycles. The maximum Gasteiger partial charge on any atom is 0.0410 e. The van der Waals surface area contributed by atoms with Crippen LogP contribution in [0.15, 0.2) is 47.2 Å². The maximum atomic E-state index is 4.28. The lowest BCUT2D eigenvalue weighted by atomic mass is 9.70. The van der Waals surface area contributed by atoms with E-state index in [1.165, 1.54) is 16.7 Å². The molecule has 0 bridgehead atoms. The normalized spacial score (nSPS) is 16.9. The van der Waals surface area contributed by atoms with Crippen LogP contribution in [0.3, 0.4) is 0 Å². The van der Waals surface area contributed by atoms with E-state index in [4.69, 9.17) is 0 Å². The first kappa shape index (κ1) is 12.8. The quantitative estimate of drug-likeness (QED) is 0.940. The highest BCUT2D eigenvalue weighted by Crippen LogP contribution is 2.34. The highest BCUT2D eigenvalue weighted by atomic mass is 79.9. The molecule has 98 valence electrons. The van der Waals surface area contributed by atoms with Crippen molar-refractivity contribution in [3.63, 3.8) is 0 Å². The lowest BCUT2D eigenvalue weighted by Gasteiger charge is -2.44. The van der Waals surface area contributed by atoms with Gasteiger partial charge >= 0.3 is 0 Å². The van der Waals surface area contributed by atoms with Crippen molar-refractivity contribution in [3.8, 4) is 0 Å². The van der Waals surface area contributed by atoms with Gasteiger partial charge in [-0.05, 0) is 52.0 Å². The van der Waals surface area contributed by atoms with Crippen LogP contribution in [0, 0.1) is 6.92 Å². The van der Waals surface area contributed by atoms with Crippen LogP contribution in [-0.4, -0.2) is 18.1 Å². The minimum Gasteiger partial charge on any atom is -0.315 e. The average Bonchev–Trinajstić information content (AvgIpc) is 2.35. The number of hydrogen-bond donors (Lipinski definition) is 1. The summed E-state index contributed by atoms with van der Waals surface area (Å²) in [6, 6.07) is 10.9. The highest BCUT2D eigenvalue weighted by Gasteiger charge is 2.39. The fraction of sp³-hybridized carbons (Fsp3) is 0.312. The van der Waals surface area contributed by atoms with E-state index in [0.29, 0.717) is 0 Å². The van der Waals surface area contributed by atoms with E-state index in [9.17, 15) is 0 Å². The van der Waals surface area contributed by atoms with Gasteiger partial charge in [-0.3, -0.25) is 4.98 Å². The Bertz CT molecular complexity index is 591. The van der Waals surface area contributed by atoms with Crippen molar-refractivity contribution in [1.82, 2.24) is 10.3 Å². The Morgan fingerprint density at radius 1 is 1.26 bits per heavy atom. The topological polar surface area (TPSA) is 24.9 Å². The van der Waals surface area contributed by atoms with Crippen LogP contribution >= 0.6 is 15.9 Å². The number of halogens is 1. The van der Waals surface area contributed by atoms with Gasteiger partial charge in [-0.1, -0.05) is 24.3 Å². The van der Waals surface area contributed by atoms with E-state index in [1.807, 2.05) is 12.4 Å². The lowest BCUT2D eigenvalue weighted by molar-refractivity contribution is 0.273. The SMILES string of the molecule is Cc1ccccc1C1(Cc2cncc(Br)c2)CNC1. The predicted molar refractivity (Wildman–Crippen MR) is 81.4 cm³/mol. The standard InChI is InChI=1S/C16H17BrN2/c1-12-4-2-3-5-15(12)16(10-19-11-16)7-13-6-14(17)9-18-8-13/h2-6,8-9,19H,7,10-11H2,1H3. The third kappa shape index (κ3) is 2.45. The number of benzene rings is 1. The molecule has 19 heavy (non-hydrogen) atoms. The van der Waals surface area contributed by atoms with Gasteiger partial charge in [0.25, 0.3) is 0 Å². The summed E-state index contributed by atoms with van der Waals surface area (Å²) in [7, 11) is 0. The summed E-state index contributed by atoms with van der Waals surface area (Å²) < 4.78 is 1.05. The van der Waals surface area contributed by atoms with Crippen molar-refractivity contribution in [3.05, 3.63) is 63.9 Å². The van der Waals surface area contributed by atoms with E-state index in [-0.39, 0.29) is 5.41 Å². The molecule has 0 amide bonds. The van der Waals surface area contributed by atoms with Crippen molar-refractivity contribution in [2.45, 2.75) is 18.8 Å². The molecule has 0 spiro atoms. The zero-order valence-electron chi connectivity index (χ0n) is 11.0. The highest BCUT2D eigenvalue weighted by molar-refractivity contribution is 9.10. The van der Waals surface area contributed by atoms with Gasteiger partial charge in [0.05, 0.1) is 0 Å². The minimum absolute atomic E-state index is 0.230. The fourth-order valence-corrected chi connectivity index (χ4v) is 3.36. The number of rotatable bonds is 3. The second-order valence-corrected chi connectivity index (χ2v) is 6.30. The molecule has 0 unspecified atom stereocenters. The van der Waals surface area contributed by atoms with Gasteiger partial charge in [-0.15, -0.1) is 0 Å². The molecule has 1 fully saturated rings. The monoisotopic (exact) mass is 316 g/mol. The van der Waals surface area contributed by atoms with Crippen LogP contribution in [0.4, 0.5) is 0 Å². The number of nitrogens with zero attached hydrogens (tertiary/aromatic N) is 1. The van der Waals surface area contributed by atoms with E-state index in [0.717, 1.165) is 24.0 Å². The van der Waals surface area contributed by atoms with Crippen molar-refractivity contribution >= 4 is 15.9 Å². The first-order chi connectivity index (χ1) is 9.20. The van der Waals surface area contributed by atoms with Crippen LogP contribution in [0.2, 0.25) is 0 Å². The predicted octanol–water partition coefficient (Wildman–Crippen LogP) is 3.24. The molecule has 2 heterocycles. The minimum atomic E-state index is 0.230. The molecule has 3 heteroatoms. The number of nitrogens with one attached hydrogen (secondary N) is 1. The van der Waals surface area contributed by atoms with Crippen LogP contribution in [0.5, 0.6) is 0 Å². The summed E-state index contributed by atoms with van der Waals surface area (Å²) in [6.45, 7) is 4.29. The van der Waals surface area contributed by atoms with Crippen LogP contribution in [-0.2, 0) is 11.8 Å². The second-order valence-electron chi connectivity index (χ2n) is 5.39. The molecule has 1 saturated heterocycles. The number of aromatic nitrogens is 1. The van der Waals surface area contributed by atoms with Crippen molar-refractivity contribution in [2.24, 2.45) is 0 Å². The Hall–Kier alpha value is -1.19. The molecule has 1 aliphatic rings. The number of hydrogen-bond acceptors (Lipinski definition) is 2. The van der Waals surface area contributed by atoms with Crippen molar-refractivity contribution < 1.29 is 0 Å². The van der Waals surface area contributed by atoms with Crippen LogP contribution < -0.4 is 5.32 Å². The molecule has 1 aromatic carbocycles. The van der Waals surface area contributed by atoms with Crippen LogP contribution in [0.25, 0.3) is 0 Å². The summed E-state index contributed by atoms with van der Waals surface area (Å²) in [5.41, 5.74) is 4.37. The van der Waals surface area contributed by atoms with Gasteiger partial charge in [0, 0.05) is 35.4 Å². The van der Waals surface area contributed by atoms with E-state index >= 15 is 0 Å². The zero-order valence-corrected chi connectivity index (χ0v) is 12.6. The lowest BCUT2D eigenvalue weighted by Crippen LogP contribution is -2.58. The first-order valence-corrected chi connectivity index (χ1v) is 7.35. The van der Waals surface area contributed by atoms with E-state index in [1.54, 1.807) is 0 Å². The van der Waals surface area contributed by atoms with Gasteiger partial charge < -0.3 is 5.32 Å². The van der Waals surface area contributed by atoms with Gasteiger partial charge in [0.15, 0.2) is 0 Å².